The second kappa shape index (κ2) is 11.6. The van der Waals surface area contributed by atoms with Gasteiger partial charge in [-0.15, -0.1) is 11.3 Å². The van der Waals surface area contributed by atoms with Gasteiger partial charge in [-0.1, -0.05) is 23.8 Å². The Bertz CT molecular complexity index is 1180. The molecule has 0 saturated heterocycles. The quantitative estimate of drug-likeness (QED) is 0.325. The smallest absolute Gasteiger partial charge is 0.308 e. The van der Waals surface area contributed by atoms with Gasteiger partial charge in [-0.3, -0.25) is 19.2 Å². The van der Waals surface area contributed by atoms with Crippen molar-refractivity contribution in [3.05, 3.63) is 75.2 Å². The van der Waals surface area contributed by atoms with Crippen molar-refractivity contribution in [1.82, 2.24) is 9.88 Å². The first kappa shape index (κ1) is 25.1. The number of hydrogen-bond acceptors (Lipinski definition) is 6. The molecule has 0 aliphatic heterocycles. The molecule has 0 fully saturated rings. The number of Topliss-reactive ketones (excluding diaryl/α,β-unsaturated/α-hetero) is 2. The Labute approximate surface area is 202 Å². The number of carbonyl (C=O) groups is 4. The van der Waals surface area contributed by atoms with E-state index in [1.807, 2.05) is 55.0 Å². The number of nitrogens with one attached hydrogen (secondary N) is 1. The number of hydrogen-bond donors (Lipinski definition) is 1. The molecule has 0 radical (unpaired) electrons. The zero-order chi connectivity index (χ0) is 24.7. The Balaban J connectivity index is 1.42. The lowest BCUT2D eigenvalue weighted by molar-refractivity contribution is -0.142. The summed E-state index contributed by atoms with van der Waals surface area (Å²) < 4.78 is 7.10. The highest BCUT2D eigenvalue weighted by atomic mass is 32.1. The monoisotopic (exact) mass is 480 g/mol. The molecule has 0 saturated carbocycles. The summed E-state index contributed by atoms with van der Waals surface area (Å²) in [6, 6.07) is 13.3. The lowest BCUT2D eigenvalue weighted by atomic mass is 10.1. The SMILES string of the molecule is Cc1ccc(-n2c(C)cc(C(=O)COC(=O)CCNC(=O)CCC(=O)c3cccs3)c2C)cc1. The van der Waals surface area contributed by atoms with Gasteiger partial charge < -0.3 is 14.6 Å². The fourth-order valence-electron chi connectivity index (χ4n) is 3.61. The van der Waals surface area contributed by atoms with Crippen molar-refractivity contribution in [3.63, 3.8) is 0 Å². The maximum absolute atomic E-state index is 12.7. The summed E-state index contributed by atoms with van der Waals surface area (Å²) in [7, 11) is 0. The molecule has 1 N–H and O–H groups in total. The van der Waals surface area contributed by atoms with Crippen LogP contribution < -0.4 is 5.32 Å². The van der Waals surface area contributed by atoms with E-state index < -0.39 is 5.97 Å². The van der Waals surface area contributed by atoms with Gasteiger partial charge in [0.25, 0.3) is 0 Å². The third kappa shape index (κ3) is 6.51. The van der Waals surface area contributed by atoms with Crippen LogP contribution in [0.4, 0.5) is 0 Å². The lowest BCUT2D eigenvalue weighted by Crippen LogP contribution is -2.27. The molecule has 8 heteroatoms. The van der Waals surface area contributed by atoms with Gasteiger partial charge in [0, 0.05) is 42.0 Å². The van der Waals surface area contributed by atoms with Crippen LogP contribution in [0, 0.1) is 20.8 Å². The van der Waals surface area contributed by atoms with Crippen LogP contribution in [-0.2, 0) is 14.3 Å². The van der Waals surface area contributed by atoms with Crippen molar-refractivity contribution in [2.24, 2.45) is 0 Å². The highest BCUT2D eigenvalue weighted by Gasteiger charge is 2.18. The topological polar surface area (TPSA) is 94.5 Å². The molecular formula is C26H28N2O5S. The number of ketones is 2. The zero-order valence-corrected chi connectivity index (χ0v) is 20.4. The minimum atomic E-state index is -0.573. The van der Waals surface area contributed by atoms with E-state index in [9.17, 15) is 19.2 Å². The van der Waals surface area contributed by atoms with E-state index in [1.165, 1.54) is 11.3 Å². The minimum Gasteiger partial charge on any atom is -0.457 e. The molecule has 0 unspecified atom stereocenters. The summed E-state index contributed by atoms with van der Waals surface area (Å²) in [4.78, 5) is 49.1. The van der Waals surface area contributed by atoms with Gasteiger partial charge in [0.2, 0.25) is 11.7 Å². The van der Waals surface area contributed by atoms with Gasteiger partial charge in [0.1, 0.15) is 0 Å². The normalized spacial score (nSPS) is 10.7. The van der Waals surface area contributed by atoms with E-state index in [0.717, 1.165) is 22.6 Å². The Kier molecular flexibility index (Phi) is 8.54. The van der Waals surface area contributed by atoms with E-state index in [-0.39, 0.29) is 49.9 Å². The molecule has 0 aliphatic carbocycles. The summed E-state index contributed by atoms with van der Waals surface area (Å²) in [6.07, 6.45) is 0.118. The first-order valence-electron chi connectivity index (χ1n) is 11.0. The van der Waals surface area contributed by atoms with Gasteiger partial charge in [0.05, 0.1) is 11.3 Å². The van der Waals surface area contributed by atoms with Gasteiger partial charge in [-0.25, -0.2) is 0 Å². The molecule has 7 nitrogen and oxygen atoms in total. The van der Waals surface area contributed by atoms with Gasteiger partial charge in [-0.05, 0) is 50.4 Å². The fraction of sp³-hybridized carbons (Fsp3) is 0.308. The van der Waals surface area contributed by atoms with E-state index in [1.54, 1.807) is 18.2 Å². The van der Waals surface area contributed by atoms with Crippen molar-refractivity contribution < 1.29 is 23.9 Å². The first-order chi connectivity index (χ1) is 16.3. The number of carbonyl (C=O) groups excluding carboxylic acids is 4. The average molecular weight is 481 g/mol. The van der Waals surface area contributed by atoms with Crippen molar-refractivity contribution in [2.75, 3.05) is 13.2 Å². The number of ether oxygens (including phenoxy) is 1. The summed E-state index contributed by atoms with van der Waals surface area (Å²) >= 11 is 1.34. The molecule has 3 aromatic rings. The van der Waals surface area contributed by atoms with Crippen LogP contribution in [0.5, 0.6) is 0 Å². The molecule has 178 valence electrons. The van der Waals surface area contributed by atoms with Crippen LogP contribution in [0.25, 0.3) is 5.69 Å². The number of esters is 1. The Morgan fingerprint density at radius 2 is 1.68 bits per heavy atom. The van der Waals surface area contributed by atoms with Crippen molar-refractivity contribution in [3.8, 4) is 5.69 Å². The maximum Gasteiger partial charge on any atom is 0.308 e. The highest BCUT2D eigenvalue weighted by Crippen LogP contribution is 2.21. The van der Waals surface area contributed by atoms with Gasteiger partial charge >= 0.3 is 5.97 Å². The standard InChI is InChI=1S/C26H28N2O5S/c1-17-6-8-20(9-7-17)28-18(2)15-21(19(28)3)23(30)16-33-26(32)12-13-27-25(31)11-10-22(29)24-5-4-14-34-24/h4-9,14-15H,10-13,16H2,1-3H3,(H,27,31). The molecule has 0 spiro atoms. The zero-order valence-electron chi connectivity index (χ0n) is 19.6. The number of aromatic nitrogens is 1. The van der Waals surface area contributed by atoms with E-state index in [0.29, 0.717) is 10.4 Å². The number of aryl methyl sites for hydroxylation is 2. The van der Waals surface area contributed by atoms with Gasteiger partial charge in [-0.2, -0.15) is 0 Å². The maximum atomic E-state index is 12.7. The van der Waals surface area contributed by atoms with Crippen molar-refractivity contribution >= 4 is 34.8 Å². The molecule has 3 rings (SSSR count). The van der Waals surface area contributed by atoms with Crippen LogP contribution in [0.2, 0.25) is 0 Å². The number of benzene rings is 1. The fourth-order valence-corrected chi connectivity index (χ4v) is 4.31. The Morgan fingerprint density at radius 3 is 2.35 bits per heavy atom. The third-order valence-corrected chi connectivity index (χ3v) is 6.33. The van der Waals surface area contributed by atoms with Crippen LogP contribution >= 0.6 is 11.3 Å². The average Bonchev–Trinajstić information content (AvgIpc) is 3.45. The molecule has 1 aromatic carbocycles. The predicted molar refractivity (Wildman–Crippen MR) is 131 cm³/mol. The predicted octanol–water partition coefficient (Wildman–Crippen LogP) is 4.36. The van der Waals surface area contributed by atoms with Crippen molar-refractivity contribution in [1.29, 1.82) is 0 Å². The number of amides is 1. The van der Waals surface area contributed by atoms with E-state index in [2.05, 4.69) is 5.32 Å². The molecule has 0 bridgehead atoms. The summed E-state index contributed by atoms with van der Waals surface area (Å²) in [5.41, 5.74) is 4.32. The van der Waals surface area contributed by atoms with Crippen LogP contribution in [0.15, 0.2) is 47.8 Å². The minimum absolute atomic E-state index is 0.0553. The lowest BCUT2D eigenvalue weighted by Gasteiger charge is -2.10. The molecular weight excluding hydrogens is 452 g/mol. The summed E-state index contributed by atoms with van der Waals surface area (Å²) in [6.45, 7) is 5.52. The van der Waals surface area contributed by atoms with E-state index in [4.69, 9.17) is 4.74 Å². The summed E-state index contributed by atoms with van der Waals surface area (Å²) in [5, 5.41) is 4.41. The van der Waals surface area contributed by atoms with Crippen LogP contribution in [0.1, 0.15) is 56.2 Å². The molecule has 0 aliphatic rings. The van der Waals surface area contributed by atoms with E-state index >= 15 is 0 Å². The second-order valence-corrected chi connectivity index (χ2v) is 8.99. The number of rotatable bonds is 11. The number of nitrogens with zero attached hydrogens (tertiary/aromatic N) is 1. The van der Waals surface area contributed by atoms with Crippen molar-refractivity contribution in [2.45, 2.75) is 40.0 Å². The van der Waals surface area contributed by atoms with Crippen LogP contribution in [-0.4, -0.2) is 41.2 Å². The molecule has 0 atom stereocenters. The largest absolute Gasteiger partial charge is 0.457 e. The Hall–Kier alpha value is -3.52. The molecule has 2 heterocycles. The highest BCUT2D eigenvalue weighted by molar-refractivity contribution is 7.12. The van der Waals surface area contributed by atoms with Gasteiger partial charge in [0.15, 0.2) is 12.4 Å². The third-order valence-electron chi connectivity index (χ3n) is 5.41. The first-order valence-corrected chi connectivity index (χ1v) is 11.9. The van der Waals surface area contributed by atoms with Crippen LogP contribution in [0.3, 0.4) is 0 Å². The molecule has 34 heavy (non-hydrogen) atoms. The Morgan fingerprint density at radius 1 is 0.941 bits per heavy atom. The molecule has 2 aromatic heterocycles. The number of thiophene rings is 1. The molecule has 1 amide bonds. The summed E-state index contributed by atoms with van der Waals surface area (Å²) in [5.74, 6) is -1.24. The second-order valence-electron chi connectivity index (χ2n) is 8.04.